The molecule has 0 bridgehead atoms. The summed E-state index contributed by atoms with van der Waals surface area (Å²) in [4.78, 5) is 22.9. The highest BCUT2D eigenvalue weighted by Gasteiger charge is 2.26. The summed E-state index contributed by atoms with van der Waals surface area (Å²) in [6, 6.07) is 0. The summed E-state index contributed by atoms with van der Waals surface area (Å²) in [6.07, 6.45) is 56.2. The molecule has 0 aromatic rings. The maximum Gasteiger partial charge on any atom is 0.472 e. The molecule has 0 fully saturated rings. The van der Waals surface area contributed by atoms with Crippen LogP contribution < -0.4 is 0 Å². The Morgan fingerprint density at radius 2 is 0.983 bits per heavy atom. The predicted octanol–water partition coefficient (Wildman–Crippen LogP) is 14.1. The highest BCUT2D eigenvalue weighted by Crippen LogP contribution is 2.43. The number of unbranched alkanes of at least 4 members (excludes halogenated alkanes) is 14. The summed E-state index contributed by atoms with van der Waals surface area (Å²) < 4.78 is 35.0. The number of carbonyl (C=O) groups is 1. The van der Waals surface area contributed by atoms with Crippen molar-refractivity contribution in [3.8, 4) is 0 Å². The van der Waals surface area contributed by atoms with E-state index in [-0.39, 0.29) is 25.8 Å². The molecule has 0 aromatic heterocycles. The smallest absolute Gasteiger partial charge is 0.457 e. The van der Waals surface area contributed by atoms with Gasteiger partial charge in [0, 0.05) is 13.0 Å². The first kappa shape index (κ1) is 56.7. The van der Waals surface area contributed by atoms with Gasteiger partial charge in [0.1, 0.15) is 19.3 Å². The van der Waals surface area contributed by atoms with Crippen molar-refractivity contribution in [2.75, 3.05) is 54.1 Å². The van der Waals surface area contributed by atoms with E-state index in [0.717, 1.165) is 96.3 Å². The lowest BCUT2D eigenvalue weighted by Gasteiger charge is -2.24. The fraction of sp³-hybridized carbons (Fsp3) is 0.700. The Morgan fingerprint density at radius 3 is 1.47 bits per heavy atom. The second-order valence-electron chi connectivity index (χ2n) is 16.4. The molecule has 0 amide bonds. The fourth-order valence-electron chi connectivity index (χ4n) is 5.84. The fourth-order valence-corrected chi connectivity index (χ4v) is 6.58. The van der Waals surface area contributed by atoms with Crippen LogP contribution in [0.25, 0.3) is 0 Å². The number of phosphoric acid groups is 1. The second-order valence-corrected chi connectivity index (χ2v) is 17.9. The van der Waals surface area contributed by atoms with Gasteiger partial charge in [-0.1, -0.05) is 157 Å². The molecule has 1 N–H and O–H groups in total. The SMILES string of the molecule is CC/C=C\C/C=C\C/C=C\C/C=C\C/C=C\CCCCCCOCC(COP(=O)(O)OCC[N+](C)(C)C)OC(=O)CCCCCCCCC/C=C\C/C=C\CCCCC. The number of rotatable bonds is 42. The van der Waals surface area contributed by atoms with E-state index in [1.807, 2.05) is 21.1 Å². The Morgan fingerprint density at radius 1 is 0.542 bits per heavy atom. The molecule has 0 radical (unpaired) electrons. The van der Waals surface area contributed by atoms with Crippen LogP contribution in [0.3, 0.4) is 0 Å². The summed E-state index contributed by atoms with van der Waals surface area (Å²) in [5.74, 6) is -0.335. The van der Waals surface area contributed by atoms with Crippen molar-refractivity contribution in [3.63, 3.8) is 0 Å². The number of hydrogen-bond acceptors (Lipinski definition) is 6. The van der Waals surface area contributed by atoms with Crippen molar-refractivity contribution in [3.05, 3.63) is 85.1 Å². The van der Waals surface area contributed by atoms with Crippen LogP contribution in [0, 0.1) is 0 Å². The molecule has 340 valence electrons. The van der Waals surface area contributed by atoms with E-state index in [4.69, 9.17) is 18.5 Å². The van der Waals surface area contributed by atoms with Crippen LogP contribution in [0.4, 0.5) is 0 Å². The van der Waals surface area contributed by atoms with Crippen molar-refractivity contribution < 1.29 is 37.3 Å². The van der Waals surface area contributed by atoms with Crippen molar-refractivity contribution in [2.24, 2.45) is 0 Å². The van der Waals surface area contributed by atoms with E-state index in [9.17, 15) is 14.3 Å². The van der Waals surface area contributed by atoms with E-state index in [0.29, 0.717) is 24.1 Å². The van der Waals surface area contributed by atoms with Gasteiger partial charge in [-0.2, -0.15) is 0 Å². The first-order chi connectivity index (χ1) is 28.6. The molecule has 0 spiro atoms. The van der Waals surface area contributed by atoms with Crippen molar-refractivity contribution in [2.45, 2.75) is 174 Å². The summed E-state index contributed by atoms with van der Waals surface area (Å²) in [6.45, 7) is 5.39. The summed E-state index contributed by atoms with van der Waals surface area (Å²) >= 11 is 0. The minimum atomic E-state index is -4.29. The van der Waals surface area contributed by atoms with Gasteiger partial charge in [-0.25, -0.2) is 4.57 Å². The zero-order valence-electron chi connectivity index (χ0n) is 38.5. The van der Waals surface area contributed by atoms with Gasteiger partial charge < -0.3 is 18.9 Å². The molecule has 0 aliphatic carbocycles. The maximum atomic E-state index is 12.7. The molecule has 0 saturated carbocycles. The third kappa shape index (κ3) is 46.6. The molecule has 2 unspecified atom stereocenters. The largest absolute Gasteiger partial charge is 0.472 e. The van der Waals surface area contributed by atoms with Crippen LogP contribution in [-0.4, -0.2) is 75.6 Å². The van der Waals surface area contributed by atoms with Crippen LogP contribution in [-0.2, 0) is 27.9 Å². The number of allylic oxidation sites excluding steroid dienone is 14. The van der Waals surface area contributed by atoms with Gasteiger partial charge in [0.2, 0.25) is 0 Å². The molecule has 8 nitrogen and oxygen atoms in total. The maximum absolute atomic E-state index is 12.7. The van der Waals surface area contributed by atoms with Crippen molar-refractivity contribution >= 4 is 13.8 Å². The van der Waals surface area contributed by atoms with Gasteiger partial charge >= 0.3 is 13.8 Å². The first-order valence-corrected chi connectivity index (χ1v) is 24.8. The summed E-state index contributed by atoms with van der Waals surface area (Å²) in [7, 11) is 1.63. The number of nitrogens with zero attached hydrogens (tertiary/aromatic N) is 1. The van der Waals surface area contributed by atoms with Gasteiger partial charge in [-0.05, 0) is 89.9 Å². The third-order valence-electron chi connectivity index (χ3n) is 9.44. The number of esters is 1. The number of quaternary nitrogens is 1. The van der Waals surface area contributed by atoms with Gasteiger partial charge in [-0.15, -0.1) is 0 Å². The molecule has 0 aliphatic heterocycles. The highest BCUT2D eigenvalue weighted by molar-refractivity contribution is 7.47. The van der Waals surface area contributed by atoms with Crippen LogP contribution >= 0.6 is 7.82 Å². The lowest BCUT2D eigenvalue weighted by Crippen LogP contribution is -2.37. The first-order valence-electron chi connectivity index (χ1n) is 23.3. The quantitative estimate of drug-likeness (QED) is 0.0215. The van der Waals surface area contributed by atoms with Gasteiger partial charge in [0.15, 0.2) is 0 Å². The summed E-state index contributed by atoms with van der Waals surface area (Å²) in [5.41, 5.74) is 0. The Bertz CT molecular complexity index is 1210. The van der Waals surface area contributed by atoms with E-state index >= 15 is 0 Å². The molecule has 59 heavy (non-hydrogen) atoms. The van der Waals surface area contributed by atoms with E-state index in [1.165, 1.54) is 51.4 Å². The molecular formula is C50H89NO7P+. The molecule has 0 rings (SSSR count). The average Bonchev–Trinajstić information content (AvgIpc) is 3.19. The Labute approximate surface area is 363 Å². The Kier molecular flexibility index (Phi) is 40.7. The number of ether oxygens (including phenoxy) is 2. The van der Waals surface area contributed by atoms with Crippen LogP contribution in [0.1, 0.15) is 168 Å². The zero-order chi connectivity index (χ0) is 43.4. The Hall–Kier alpha value is -2.32. The normalized spacial score (nSPS) is 14.5. The molecule has 2 atom stereocenters. The van der Waals surface area contributed by atoms with Crippen LogP contribution in [0.2, 0.25) is 0 Å². The number of likely N-dealkylation sites (N-methyl/N-ethyl adjacent to an activating group) is 1. The lowest BCUT2D eigenvalue weighted by atomic mass is 10.1. The average molecular weight is 847 g/mol. The molecular weight excluding hydrogens is 758 g/mol. The van der Waals surface area contributed by atoms with Crippen molar-refractivity contribution in [1.29, 1.82) is 0 Å². The molecule has 0 heterocycles. The highest BCUT2D eigenvalue weighted by atomic mass is 31.2. The van der Waals surface area contributed by atoms with Crippen LogP contribution in [0.15, 0.2) is 85.1 Å². The lowest BCUT2D eigenvalue weighted by molar-refractivity contribution is -0.870. The standard InChI is InChI=1S/C50H88NO7P/c1-6-8-10-12-14-16-18-20-22-24-25-26-28-30-32-34-36-38-40-42-45-55-47-49(48-57-59(53,54)56-46-44-51(3,4)5)58-50(52)43-41-39-37-35-33-31-29-27-23-21-19-17-15-13-11-9-7-2/h8,10,14-17,20-23,25-26,30,32,49H,6-7,9,11-13,18-19,24,27-29,31,33-48H2,1-5H3/p+1/b10-8-,16-14-,17-15-,22-20-,23-21-,26-25-,32-30-. The number of hydrogen-bond donors (Lipinski definition) is 1. The second kappa shape index (κ2) is 42.4. The van der Waals surface area contributed by atoms with E-state index in [2.05, 4.69) is 98.9 Å². The number of carbonyl (C=O) groups excluding carboxylic acids is 1. The number of phosphoric ester groups is 1. The van der Waals surface area contributed by atoms with Gasteiger partial charge in [0.05, 0.1) is 34.4 Å². The van der Waals surface area contributed by atoms with Crippen LogP contribution in [0.5, 0.6) is 0 Å². The minimum absolute atomic E-state index is 0.0769. The van der Waals surface area contributed by atoms with Gasteiger partial charge in [0.25, 0.3) is 0 Å². The molecule has 9 heteroatoms. The monoisotopic (exact) mass is 847 g/mol. The van der Waals surface area contributed by atoms with Crippen molar-refractivity contribution in [1.82, 2.24) is 0 Å². The molecule has 0 aromatic carbocycles. The zero-order valence-corrected chi connectivity index (χ0v) is 39.4. The van der Waals surface area contributed by atoms with Gasteiger partial charge in [-0.3, -0.25) is 13.8 Å². The van der Waals surface area contributed by atoms with E-state index < -0.39 is 13.9 Å². The third-order valence-corrected chi connectivity index (χ3v) is 10.4. The molecule has 0 saturated heterocycles. The molecule has 0 aliphatic rings. The predicted molar refractivity (Wildman–Crippen MR) is 251 cm³/mol. The van der Waals surface area contributed by atoms with E-state index in [1.54, 1.807) is 0 Å². The summed E-state index contributed by atoms with van der Waals surface area (Å²) in [5, 5.41) is 0. The Balaban J connectivity index is 4.30. The minimum Gasteiger partial charge on any atom is -0.457 e. The topological polar surface area (TPSA) is 91.3 Å².